The second-order valence-electron chi connectivity index (χ2n) is 14.2. The SMILES string of the molecule is Cc1cc(CC(OC(=O)N2CCC(N3Cc4ccccc4NC3=O)CC2)c2cc(C(=O)O)ccn2)cc2cn(COCC[Si](C)(C)C)nc12. The van der Waals surface area contributed by atoms with Gasteiger partial charge in [-0.05, 0) is 66.8 Å². The molecule has 13 heteroatoms. The Morgan fingerprint density at radius 1 is 1.10 bits per heavy atom. The van der Waals surface area contributed by atoms with Crippen molar-refractivity contribution >= 4 is 42.8 Å². The molecule has 12 nitrogen and oxygen atoms in total. The summed E-state index contributed by atoms with van der Waals surface area (Å²) in [5.74, 6) is -1.09. The zero-order valence-corrected chi connectivity index (χ0v) is 29.5. The lowest BCUT2D eigenvalue weighted by molar-refractivity contribution is 0.0463. The molecule has 0 radical (unpaired) electrons. The van der Waals surface area contributed by atoms with Crippen molar-refractivity contribution in [3.05, 3.63) is 88.9 Å². The highest BCUT2D eigenvalue weighted by molar-refractivity contribution is 6.76. The number of hydrogen-bond donors (Lipinski definition) is 2. The Morgan fingerprint density at radius 3 is 2.63 bits per heavy atom. The number of rotatable bonds is 11. The number of aromatic carboxylic acids is 1. The number of fused-ring (bicyclic) bond motifs is 2. The number of piperidine rings is 1. The van der Waals surface area contributed by atoms with Crippen LogP contribution in [0.15, 0.2) is 60.9 Å². The molecule has 0 spiro atoms. The fourth-order valence-corrected chi connectivity index (χ4v) is 7.17. The molecule has 258 valence electrons. The number of anilines is 1. The lowest BCUT2D eigenvalue weighted by atomic mass is 10.00. The number of nitrogens with one attached hydrogen (secondary N) is 1. The average molecular weight is 685 g/mol. The van der Waals surface area contributed by atoms with Gasteiger partial charge < -0.3 is 29.7 Å². The first kappa shape index (κ1) is 34.1. The summed E-state index contributed by atoms with van der Waals surface area (Å²) in [5.41, 5.74) is 5.06. The first-order chi connectivity index (χ1) is 23.4. The van der Waals surface area contributed by atoms with Crippen molar-refractivity contribution in [2.75, 3.05) is 25.0 Å². The molecule has 2 N–H and O–H groups in total. The van der Waals surface area contributed by atoms with Crippen LogP contribution in [-0.2, 0) is 29.2 Å². The second kappa shape index (κ2) is 14.4. The van der Waals surface area contributed by atoms with E-state index in [1.807, 2.05) is 54.4 Å². The monoisotopic (exact) mass is 684 g/mol. The number of amides is 3. The number of carbonyl (C=O) groups is 3. The quantitative estimate of drug-likeness (QED) is 0.132. The zero-order chi connectivity index (χ0) is 34.7. The van der Waals surface area contributed by atoms with E-state index in [4.69, 9.17) is 14.6 Å². The number of carboxylic acid groups (broad SMARTS) is 1. The molecular formula is C36H44N6O6Si. The molecule has 2 aliphatic rings. The van der Waals surface area contributed by atoms with E-state index < -0.39 is 26.2 Å². The van der Waals surface area contributed by atoms with Gasteiger partial charge in [-0.3, -0.25) is 4.98 Å². The van der Waals surface area contributed by atoms with Gasteiger partial charge in [0.05, 0.1) is 16.8 Å². The Hall–Kier alpha value is -4.75. The van der Waals surface area contributed by atoms with Crippen molar-refractivity contribution in [1.82, 2.24) is 24.6 Å². The standard InChI is InChI=1S/C36H44N6O6Si/c1-24-17-25(18-28-21-41(39-33(24)28)23-47-15-16-49(2,3)4)19-32(31-20-26(34(43)44)9-12-37-31)48-36(46)40-13-10-29(11-14-40)42-22-27-7-5-6-8-30(27)38-35(42)45/h5-9,12,17-18,20-21,29,32H,10-11,13-16,19,22-23H2,1-4H3,(H,38,45)(H,43,44). The number of benzene rings is 2. The number of likely N-dealkylation sites (tertiary alicyclic amines) is 1. The highest BCUT2D eigenvalue weighted by Crippen LogP contribution is 2.30. The van der Waals surface area contributed by atoms with E-state index in [1.54, 1.807) is 9.58 Å². The molecule has 1 saturated heterocycles. The summed E-state index contributed by atoms with van der Waals surface area (Å²) in [7, 11) is -1.19. The van der Waals surface area contributed by atoms with Crippen LogP contribution in [0.4, 0.5) is 15.3 Å². The molecule has 0 bridgehead atoms. The van der Waals surface area contributed by atoms with E-state index in [2.05, 4.69) is 29.9 Å². The Labute approximate surface area is 287 Å². The molecular weight excluding hydrogens is 641 g/mol. The average Bonchev–Trinajstić information content (AvgIpc) is 3.49. The van der Waals surface area contributed by atoms with Crippen LogP contribution in [0, 0.1) is 6.92 Å². The summed E-state index contributed by atoms with van der Waals surface area (Å²) >= 11 is 0. The summed E-state index contributed by atoms with van der Waals surface area (Å²) in [6, 6.07) is 15.6. The first-order valence-corrected chi connectivity index (χ1v) is 20.5. The number of pyridine rings is 1. The van der Waals surface area contributed by atoms with Crippen LogP contribution in [0.3, 0.4) is 0 Å². The van der Waals surface area contributed by atoms with Crippen molar-refractivity contribution in [2.24, 2.45) is 0 Å². The highest BCUT2D eigenvalue weighted by atomic mass is 28.3. The summed E-state index contributed by atoms with van der Waals surface area (Å²) in [6.45, 7) is 11.4. The van der Waals surface area contributed by atoms with Gasteiger partial charge in [-0.15, -0.1) is 0 Å². The topological polar surface area (TPSA) is 139 Å². The van der Waals surface area contributed by atoms with Gasteiger partial charge in [0.1, 0.15) is 12.8 Å². The summed E-state index contributed by atoms with van der Waals surface area (Å²) in [4.78, 5) is 46.2. The Morgan fingerprint density at radius 2 is 1.88 bits per heavy atom. The van der Waals surface area contributed by atoms with Gasteiger partial charge >= 0.3 is 18.1 Å². The minimum Gasteiger partial charge on any atom is -0.478 e. The molecule has 4 heterocycles. The van der Waals surface area contributed by atoms with E-state index in [0.717, 1.165) is 39.3 Å². The van der Waals surface area contributed by atoms with Crippen LogP contribution in [0.5, 0.6) is 0 Å². The van der Waals surface area contributed by atoms with E-state index >= 15 is 0 Å². The normalized spacial score (nSPS) is 16.0. The first-order valence-electron chi connectivity index (χ1n) is 16.8. The molecule has 1 fully saturated rings. The number of carbonyl (C=O) groups excluding carboxylic acids is 2. The smallest absolute Gasteiger partial charge is 0.410 e. The molecule has 0 saturated carbocycles. The van der Waals surface area contributed by atoms with Gasteiger partial charge in [0, 0.05) is 70.2 Å². The summed E-state index contributed by atoms with van der Waals surface area (Å²) in [6.07, 6.45) is 3.57. The van der Waals surface area contributed by atoms with Crippen molar-refractivity contribution in [3.8, 4) is 0 Å². The number of aromatic nitrogens is 3. The molecule has 2 aromatic carbocycles. The largest absolute Gasteiger partial charge is 0.478 e. The fourth-order valence-electron chi connectivity index (χ4n) is 6.41. The zero-order valence-electron chi connectivity index (χ0n) is 28.5. The molecule has 6 rings (SSSR count). The van der Waals surface area contributed by atoms with Crippen LogP contribution in [-0.4, -0.2) is 81.6 Å². The Balaban J connectivity index is 1.15. The van der Waals surface area contributed by atoms with Crippen molar-refractivity contribution in [1.29, 1.82) is 0 Å². The predicted molar refractivity (Wildman–Crippen MR) is 188 cm³/mol. The maximum atomic E-state index is 13.6. The molecule has 1 atom stereocenters. The lowest BCUT2D eigenvalue weighted by Crippen LogP contribution is -2.51. The maximum Gasteiger partial charge on any atom is 0.410 e. The van der Waals surface area contributed by atoms with Crippen molar-refractivity contribution < 1.29 is 29.0 Å². The summed E-state index contributed by atoms with van der Waals surface area (Å²) < 4.78 is 13.8. The van der Waals surface area contributed by atoms with Gasteiger partial charge in [-0.2, -0.15) is 5.10 Å². The molecule has 2 aliphatic heterocycles. The third kappa shape index (κ3) is 8.28. The van der Waals surface area contributed by atoms with Gasteiger partial charge in [0.25, 0.3) is 0 Å². The maximum absolute atomic E-state index is 13.6. The molecule has 3 amide bonds. The van der Waals surface area contributed by atoms with E-state index in [9.17, 15) is 19.5 Å². The van der Waals surface area contributed by atoms with Crippen LogP contribution >= 0.6 is 0 Å². The van der Waals surface area contributed by atoms with Gasteiger partial charge in [-0.25, -0.2) is 19.1 Å². The fraction of sp³-hybridized carbons (Fsp3) is 0.417. The second-order valence-corrected chi connectivity index (χ2v) is 19.8. The van der Waals surface area contributed by atoms with Gasteiger partial charge in [0.15, 0.2) is 0 Å². The number of hydrogen-bond acceptors (Lipinski definition) is 7. The number of carboxylic acids is 1. The molecule has 4 aromatic rings. The number of aryl methyl sites for hydroxylation is 1. The number of ether oxygens (including phenoxy) is 2. The summed E-state index contributed by atoms with van der Waals surface area (Å²) in [5, 5.41) is 18.3. The van der Waals surface area contributed by atoms with Crippen molar-refractivity contribution in [2.45, 2.75) is 77.3 Å². The molecule has 2 aromatic heterocycles. The van der Waals surface area contributed by atoms with E-state index in [0.29, 0.717) is 57.9 Å². The molecule has 49 heavy (non-hydrogen) atoms. The molecule has 0 aliphatic carbocycles. The van der Waals surface area contributed by atoms with Crippen LogP contribution in [0.1, 0.15) is 51.7 Å². The highest BCUT2D eigenvalue weighted by Gasteiger charge is 2.34. The Bertz CT molecular complexity index is 1850. The third-order valence-electron chi connectivity index (χ3n) is 9.17. The minimum atomic E-state index is -1.19. The number of nitrogens with zero attached hydrogens (tertiary/aromatic N) is 5. The predicted octanol–water partition coefficient (Wildman–Crippen LogP) is 6.68. The Kier molecular flexibility index (Phi) is 10.0. The van der Waals surface area contributed by atoms with Crippen LogP contribution in [0.25, 0.3) is 10.9 Å². The third-order valence-corrected chi connectivity index (χ3v) is 10.9. The van der Waals surface area contributed by atoms with E-state index in [1.165, 1.54) is 18.3 Å². The molecule has 1 unspecified atom stereocenters. The lowest BCUT2D eigenvalue weighted by Gasteiger charge is -2.40. The van der Waals surface area contributed by atoms with Crippen molar-refractivity contribution in [3.63, 3.8) is 0 Å². The van der Waals surface area contributed by atoms with E-state index in [-0.39, 0.29) is 17.6 Å². The minimum absolute atomic E-state index is 0.0107. The number of para-hydroxylation sites is 1. The number of urea groups is 1. The van der Waals surface area contributed by atoms with Gasteiger partial charge in [-0.1, -0.05) is 43.9 Å². The van der Waals surface area contributed by atoms with Crippen LogP contribution < -0.4 is 5.32 Å². The van der Waals surface area contributed by atoms with Gasteiger partial charge in [0.2, 0.25) is 0 Å². The van der Waals surface area contributed by atoms with Crippen LogP contribution in [0.2, 0.25) is 25.7 Å².